The normalized spacial score (nSPS) is 16.8. The van der Waals surface area contributed by atoms with Gasteiger partial charge >= 0.3 is 0 Å². The van der Waals surface area contributed by atoms with Crippen molar-refractivity contribution >= 4 is 33.0 Å². The lowest BCUT2D eigenvalue weighted by atomic mass is 9.85. The molecular formula is C24H31Cl2NO4S. The Morgan fingerprint density at radius 3 is 2.56 bits per heavy atom. The number of nitrogens with zero attached hydrogens (tertiary/aromatic N) is 1. The number of likely N-dealkylation sites (N-methyl/N-ethyl adjacent to an activating group) is 1. The molecule has 1 unspecified atom stereocenters. The van der Waals surface area contributed by atoms with E-state index in [0.717, 1.165) is 36.2 Å². The van der Waals surface area contributed by atoms with Crippen molar-refractivity contribution in [3.8, 4) is 0 Å². The van der Waals surface area contributed by atoms with Crippen molar-refractivity contribution < 1.29 is 17.9 Å². The van der Waals surface area contributed by atoms with E-state index >= 15 is 0 Å². The van der Waals surface area contributed by atoms with Crippen molar-refractivity contribution in [2.75, 3.05) is 45.8 Å². The fourth-order valence-corrected chi connectivity index (χ4v) is 5.89. The third-order valence-corrected chi connectivity index (χ3v) is 7.89. The molecule has 0 amide bonds. The van der Waals surface area contributed by atoms with Crippen LogP contribution in [0.15, 0.2) is 41.3 Å². The van der Waals surface area contributed by atoms with E-state index in [1.54, 1.807) is 18.2 Å². The summed E-state index contributed by atoms with van der Waals surface area (Å²) >= 11 is 12.7. The van der Waals surface area contributed by atoms with Gasteiger partial charge in [0.15, 0.2) is 9.84 Å². The van der Waals surface area contributed by atoms with Crippen LogP contribution >= 0.6 is 23.2 Å². The predicted octanol–water partition coefficient (Wildman–Crippen LogP) is 5.18. The summed E-state index contributed by atoms with van der Waals surface area (Å²) < 4.78 is 36.7. The predicted molar refractivity (Wildman–Crippen MR) is 130 cm³/mol. The van der Waals surface area contributed by atoms with Crippen LogP contribution < -0.4 is 0 Å². The molecule has 2 aromatic carbocycles. The summed E-state index contributed by atoms with van der Waals surface area (Å²) in [7, 11) is -1.37. The topological polar surface area (TPSA) is 55.8 Å². The van der Waals surface area contributed by atoms with Crippen molar-refractivity contribution in [1.82, 2.24) is 4.90 Å². The molecule has 2 aromatic rings. The van der Waals surface area contributed by atoms with Gasteiger partial charge in [0.1, 0.15) is 0 Å². The minimum absolute atomic E-state index is 0.00144. The number of ether oxygens (including phenoxy) is 2. The van der Waals surface area contributed by atoms with Crippen LogP contribution in [0.4, 0.5) is 0 Å². The molecule has 0 saturated heterocycles. The second-order valence-electron chi connectivity index (χ2n) is 8.17. The van der Waals surface area contributed by atoms with Gasteiger partial charge in [-0.25, -0.2) is 8.42 Å². The molecular weight excluding hydrogens is 469 g/mol. The Bertz CT molecular complexity index is 1010. The molecule has 0 N–H and O–H groups in total. The summed E-state index contributed by atoms with van der Waals surface area (Å²) in [6.45, 7) is 5.68. The standard InChI is InChI=1S/C24H31Cl2NO4S/c1-3-8-30-10-11-31-9-5-12-32(28,29)20-7-4-6-18(13-20)22-16-27(2)17-23-21(22)14-19(25)15-24(23)26/h4,6-7,13-15,22H,3,5,8-12,16-17H2,1-2H3. The lowest BCUT2D eigenvalue weighted by molar-refractivity contribution is 0.0484. The highest BCUT2D eigenvalue weighted by molar-refractivity contribution is 7.91. The number of halogens is 2. The maximum absolute atomic E-state index is 12.9. The average molecular weight is 500 g/mol. The van der Waals surface area contributed by atoms with E-state index in [0.29, 0.717) is 47.8 Å². The highest BCUT2D eigenvalue weighted by Gasteiger charge is 2.28. The van der Waals surface area contributed by atoms with Gasteiger partial charge < -0.3 is 14.4 Å². The van der Waals surface area contributed by atoms with Gasteiger partial charge in [-0.3, -0.25) is 0 Å². The summed E-state index contributed by atoms with van der Waals surface area (Å²) in [6, 6.07) is 10.9. The van der Waals surface area contributed by atoms with Gasteiger partial charge in [0, 0.05) is 42.3 Å². The molecule has 8 heteroatoms. The number of hydrogen-bond donors (Lipinski definition) is 0. The molecule has 0 bridgehead atoms. The maximum Gasteiger partial charge on any atom is 0.178 e. The summed E-state index contributed by atoms with van der Waals surface area (Å²) in [6.07, 6.45) is 1.42. The highest BCUT2D eigenvalue weighted by Crippen LogP contribution is 2.38. The molecule has 0 fully saturated rings. The Morgan fingerprint density at radius 1 is 1.06 bits per heavy atom. The third kappa shape index (κ3) is 6.69. The smallest absolute Gasteiger partial charge is 0.178 e. The molecule has 1 aliphatic heterocycles. The average Bonchev–Trinajstić information content (AvgIpc) is 2.76. The van der Waals surface area contributed by atoms with Gasteiger partial charge in [-0.15, -0.1) is 0 Å². The van der Waals surface area contributed by atoms with Crippen LogP contribution in [0, 0.1) is 0 Å². The maximum atomic E-state index is 12.9. The van der Waals surface area contributed by atoms with Crippen LogP contribution in [0.25, 0.3) is 0 Å². The molecule has 1 atom stereocenters. The Kier molecular flexibility index (Phi) is 9.41. The van der Waals surface area contributed by atoms with Crippen molar-refractivity contribution in [1.29, 1.82) is 0 Å². The number of sulfone groups is 1. The molecule has 3 rings (SSSR count). The number of fused-ring (bicyclic) bond motifs is 1. The molecule has 176 valence electrons. The van der Waals surface area contributed by atoms with Crippen LogP contribution in [0.2, 0.25) is 10.0 Å². The van der Waals surface area contributed by atoms with E-state index in [9.17, 15) is 8.42 Å². The Labute approximate surface area is 201 Å². The molecule has 0 aliphatic carbocycles. The molecule has 5 nitrogen and oxygen atoms in total. The zero-order chi connectivity index (χ0) is 23.1. The van der Waals surface area contributed by atoms with Gasteiger partial charge in [0.05, 0.1) is 23.9 Å². The van der Waals surface area contributed by atoms with Crippen LogP contribution in [0.5, 0.6) is 0 Å². The fraction of sp³-hybridized carbons (Fsp3) is 0.500. The van der Waals surface area contributed by atoms with E-state index in [1.807, 2.05) is 25.2 Å². The molecule has 0 radical (unpaired) electrons. The Balaban J connectivity index is 1.69. The quantitative estimate of drug-likeness (QED) is 0.398. The Morgan fingerprint density at radius 2 is 1.81 bits per heavy atom. The third-order valence-electron chi connectivity index (χ3n) is 5.53. The van der Waals surface area contributed by atoms with E-state index in [4.69, 9.17) is 32.7 Å². The van der Waals surface area contributed by atoms with Crippen molar-refractivity contribution in [3.05, 3.63) is 63.1 Å². The zero-order valence-corrected chi connectivity index (χ0v) is 21.0. The van der Waals surface area contributed by atoms with Crippen LogP contribution in [-0.2, 0) is 25.9 Å². The number of rotatable bonds is 11. The van der Waals surface area contributed by atoms with Crippen LogP contribution in [0.1, 0.15) is 42.4 Å². The van der Waals surface area contributed by atoms with Gasteiger partial charge in [-0.2, -0.15) is 0 Å². The first kappa shape index (κ1) is 25.5. The van der Waals surface area contributed by atoms with E-state index < -0.39 is 9.84 Å². The second kappa shape index (κ2) is 11.8. The second-order valence-corrected chi connectivity index (χ2v) is 11.1. The molecule has 1 aliphatic rings. The summed E-state index contributed by atoms with van der Waals surface area (Å²) in [5, 5.41) is 1.24. The van der Waals surface area contributed by atoms with Gasteiger partial charge in [-0.05, 0) is 60.8 Å². The summed E-state index contributed by atoms with van der Waals surface area (Å²) in [5.74, 6) is 0.0481. The van der Waals surface area contributed by atoms with Crippen molar-refractivity contribution in [2.24, 2.45) is 0 Å². The largest absolute Gasteiger partial charge is 0.379 e. The van der Waals surface area contributed by atoms with Gasteiger partial charge in [0.2, 0.25) is 0 Å². The molecule has 0 spiro atoms. The van der Waals surface area contributed by atoms with Crippen LogP contribution in [0.3, 0.4) is 0 Å². The first-order valence-corrected chi connectivity index (χ1v) is 13.4. The SMILES string of the molecule is CCCOCCOCCCS(=O)(=O)c1cccc(C2CN(C)Cc3c(Cl)cc(Cl)cc32)c1. The lowest BCUT2D eigenvalue weighted by Gasteiger charge is -2.33. The van der Waals surface area contributed by atoms with Crippen molar-refractivity contribution in [2.45, 2.75) is 37.1 Å². The van der Waals surface area contributed by atoms with E-state index in [-0.39, 0.29) is 11.7 Å². The van der Waals surface area contributed by atoms with Gasteiger partial charge in [0.25, 0.3) is 0 Å². The zero-order valence-electron chi connectivity index (χ0n) is 18.6. The molecule has 0 aromatic heterocycles. The minimum Gasteiger partial charge on any atom is -0.379 e. The number of hydrogen-bond acceptors (Lipinski definition) is 5. The summed E-state index contributed by atoms with van der Waals surface area (Å²) in [5.41, 5.74) is 3.05. The van der Waals surface area contributed by atoms with Crippen LogP contribution in [-0.4, -0.2) is 59.1 Å². The fourth-order valence-electron chi connectivity index (χ4n) is 3.99. The summed E-state index contributed by atoms with van der Waals surface area (Å²) in [4.78, 5) is 2.53. The first-order chi connectivity index (χ1) is 15.3. The highest BCUT2D eigenvalue weighted by atomic mass is 35.5. The van der Waals surface area contributed by atoms with Crippen molar-refractivity contribution in [3.63, 3.8) is 0 Å². The monoisotopic (exact) mass is 499 g/mol. The minimum atomic E-state index is -3.41. The van der Waals surface area contributed by atoms with E-state index in [1.165, 1.54) is 0 Å². The lowest BCUT2D eigenvalue weighted by Crippen LogP contribution is -2.31. The molecule has 0 saturated carbocycles. The first-order valence-electron chi connectivity index (χ1n) is 11.0. The Hall–Kier alpha value is -1.15. The van der Waals surface area contributed by atoms with Gasteiger partial charge in [-0.1, -0.05) is 42.3 Å². The number of benzene rings is 2. The molecule has 32 heavy (non-hydrogen) atoms. The molecule has 1 heterocycles. The van der Waals surface area contributed by atoms with E-state index in [2.05, 4.69) is 11.8 Å².